The smallest absolute Gasteiger partial charge is 0.417 e. The van der Waals surface area contributed by atoms with Crippen LogP contribution in [0.4, 0.5) is 19.1 Å². The number of hydrogen-bond acceptors (Lipinski definition) is 5. The molecular weight excluding hydrogens is 425 g/mol. The molecule has 1 aliphatic rings. The van der Waals surface area contributed by atoms with Gasteiger partial charge in [0.1, 0.15) is 6.61 Å². The maximum absolute atomic E-state index is 13.4. The van der Waals surface area contributed by atoms with Crippen molar-refractivity contribution in [2.24, 2.45) is 0 Å². The van der Waals surface area contributed by atoms with Crippen LogP contribution < -0.4 is 14.8 Å². The summed E-state index contributed by atoms with van der Waals surface area (Å²) >= 11 is 0. The van der Waals surface area contributed by atoms with E-state index in [2.05, 4.69) is 15.4 Å². The topological polar surface area (TPSA) is 77.8 Å². The van der Waals surface area contributed by atoms with E-state index in [1.807, 2.05) is 0 Å². The first kappa shape index (κ1) is 19.9. The Kier molecular flexibility index (Phi) is 4.69. The molecule has 2 aromatic carbocycles. The quantitative estimate of drug-likeness (QED) is 0.517. The van der Waals surface area contributed by atoms with Gasteiger partial charge in [0.05, 0.1) is 5.56 Å². The molecule has 0 bridgehead atoms. The lowest BCUT2D eigenvalue weighted by molar-refractivity contribution is -0.137. The molecule has 0 aliphatic carbocycles. The van der Waals surface area contributed by atoms with Crippen molar-refractivity contribution in [1.29, 1.82) is 0 Å². The third kappa shape index (κ3) is 3.70. The van der Waals surface area contributed by atoms with Gasteiger partial charge in [0.25, 0.3) is 5.91 Å². The Balaban J connectivity index is 1.38. The van der Waals surface area contributed by atoms with E-state index in [9.17, 15) is 18.0 Å². The Morgan fingerprint density at radius 2 is 1.78 bits per heavy atom. The van der Waals surface area contributed by atoms with E-state index >= 15 is 0 Å². The van der Waals surface area contributed by atoms with Gasteiger partial charge in [-0.25, -0.2) is 4.52 Å². The number of aromatic nitrogens is 3. The summed E-state index contributed by atoms with van der Waals surface area (Å²) in [7, 11) is 0. The summed E-state index contributed by atoms with van der Waals surface area (Å²) < 4.78 is 52.6. The summed E-state index contributed by atoms with van der Waals surface area (Å²) in [5, 5.41) is 6.73. The molecule has 4 aromatic rings. The van der Waals surface area contributed by atoms with Gasteiger partial charge in [-0.05, 0) is 35.9 Å². The minimum Gasteiger partial charge on any atom is -0.485 e. The van der Waals surface area contributed by atoms with Crippen LogP contribution in [0.2, 0.25) is 0 Å². The first-order chi connectivity index (χ1) is 15.4. The van der Waals surface area contributed by atoms with E-state index < -0.39 is 23.8 Å². The number of alkyl halides is 3. The zero-order valence-corrected chi connectivity index (χ0v) is 16.3. The number of pyridine rings is 1. The van der Waals surface area contributed by atoms with Gasteiger partial charge in [-0.1, -0.05) is 30.3 Å². The zero-order valence-electron chi connectivity index (χ0n) is 16.3. The van der Waals surface area contributed by atoms with Gasteiger partial charge in [-0.3, -0.25) is 10.1 Å². The fraction of sp³-hybridized carbons (Fsp3) is 0.136. The monoisotopic (exact) mass is 440 g/mol. The number of amides is 1. The van der Waals surface area contributed by atoms with Gasteiger partial charge in [-0.15, -0.1) is 5.10 Å². The molecule has 0 unspecified atom stereocenters. The highest BCUT2D eigenvalue weighted by atomic mass is 19.4. The number of rotatable bonds is 3. The number of para-hydroxylation sites is 2. The third-order valence-corrected chi connectivity index (χ3v) is 4.91. The summed E-state index contributed by atoms with van der Waals surface area (Å²) in [5.74, 6) is 0.501. The van der Waals surface area contributed by atoms with Crippen LogP contribution in [-0.4, -0.2) is 33.2 Å². The van der Waals surface area contributed by atoms with E-state index in [-0.39, 0.29) is 18.1 Å². The molecule has 1 N–H and O–H groups in total. The molecule has 0 radical (unpaired) electrons. The third-order valence-electron chi connectivity index (χ3n) is 4.91. The molecule has 3 heterocycles. The Hall–Kier alpha value is -4.08. The molecule has 10 heteroatoms. The summed E-state index contributed by atoms with van der Waals surface area (Å²) in [6.07, 6.45) is -3.96. The number of fused-ring (bicyclic) bond motifs is 2. The number of ether oxygens (including phenoxy) is 2. The summed E-state index contributed by atoms with van der Waals surface area (Å²) in [6.45, 7) is 0.0224. The molecule has 0 saturated carbocycles. The first-order valence-corrected chi connectivity index (χ1v) is 9.61. The van der Waals surface area contributed by atoms with Gasteiger partial charge in [-0.2, -0.15) is 18.2 Å². The van der Waals surface area contributed by atoms with Crippen molar-refractivity contribution in [3.8, 4) is 22.6 Å². The Morgan fingerprint density at radius 1 is 1.03 bits per heavy atom. The van der Waals surface area contributed by atoms with E-state index in [1.54, 1.807) is 24.3 Å². The first-order valence-electron chi connectivity index (χ1n) is 9.61. The maximum atomic E-state index is 13.4. The minimum absolute atomic E-state index is 0.00119. The maximum Gasteiger partial charge on any atom is 0.417 e. The largest absolute Gasteiger partial charge is 0.485 e. The number of halogens is 3. The Bertz CT molecular complexity index is 1320. The molecule has 0 spiro atoms. The van der Waals surface area contributed by atoms with Gasteiger partial charge < -0.3 is 9.47 Å². The van der Waals surface area contributed by atoms with Crippen molar-refractivity contribution in [3.05, 3.63) is 72.4 Å². The van der Waals surface area contributed by atoms with E-state index in [0.29, 0.717) is 22.7 Å². The lowest BCUT2D eigenvalue weighted by Crippen LogP contribution is -2.40. The number of hydrogen-bond donors (Lipinski definition) is 1. The van der Waals surface area contributed by atoms with Crippen LogP contribution in [0.15, 0.2) is 66.9 Å². The molecule has 0 saturated heterocycles. The van der Waals surface area contributed by atoms with Gasteiger partial charge in [0, 0.05) is 11.8 Å². The Labute approximate surface area is 179 Å². The summed E-state index contributed by atoms with van der Waals surface area (Å²) in [4.78, 5) is 16.8. The van der Waals surface area contributed by atoms with Crippen LogP contribution in [0.1, 0.15) is 5.56 Å². The van der Waals surface area contributed by atoms with Gasteiger partial charge in [0.2, 0.25) is 12.1 Å². The summed E-state index contributed by atoms with van der Waals surface area (Å²) in [5.41, 5.74) is -0.0503. The number of benzene rings is 2. The second-order valence-electron chi connectivity index (χ2n) is 7.05. The Morgan fingerprint density at radius 3 is 2.59 bits per heavy atom. The standard InChI is InChI=1S/C22H15F3N4O3/c23-22(24,25)15-6-2-1-5-14(15)13-9-10-19-26-21(28-29(19)11-13)27-20(30)18-12-31-16-7-3-4-8-17(16)32-18/h1-11,18H,12H2,(H,27,28,30)/t18-/m1/s1. The molecule has 162 valence electrons. The zero-order chi connectivity index (χ0) is 22.3. The van der Waals surface area contributed by atoms with E-state index in [0.717, 1.165) is 6.07 Å². The molecule has 7 nitrogen and oxygen atoms in total. The predicted octanol–water partition coefficient (Wildman–Crippen LogP) is 4.19. The minimum atomic E-state index is -4.49. The fourth-order valence-electron chi connectivity index (χ4n) is 3.42. The van der Waals surface area contributed by atoms with Crippen molar-refractivity contribution < 1.29 is 27.4 Å². The van der Waals surface area contributed by atoms with Crippen LogP contribution in [0.5, 0.6) is 11.5 Å². The highest BCUT2D eigenvalue weighted by Crippen LogP contribution is 2.37. The van der Waals surface area contributed by atoms with Crippen LogP contribution in [0.25, 0.3) is 16.8 Å². The van der Waals surface area contributed by atoms with Crippen molar-refractivity contribution in [1.82, 2.24) is 14.6 Å². The number of carbonyl (C=O) groups excluding carboxylic acids is 1. The number of nitrogens with one attached hydrogen (secondary N) is 1. The van der Waals surface area contributed by atoms with Crippen molar-refractivity contribution in [2.45, 2.75) is 12.3 Å². The van der Waals surface area contributed by atoms with Crippen molar-refractivity contribution >= 4 is 17.5 Å². The van der Waals surface area contributed by atoms with Gasteiger partial charge >= 0.3 is 6.18 Å². The number of anilines is 1. The average Bonchev–Trinajstić information content (AvgIpc) is 3.19. The SMILES string of the molecule is O=C(Nc1nc2ccc(-c3ccccc3C(F)(F)F)cn2n1)[C@H]1COc2ccccc2O1. The van der Waals surface area contributed by atoms with Crippen molar-refractivity contribution in [2.75, 3.05) is 11.9 Å². The molecule has 0 fully saturated rings. The van der Waals surface area contributed by atoms with Crippen LogP contribution in [-0.2, 0) is 11.0 Å². The molecule has 1 aliphatic heterocycles. The second-order valence-corrected chi connectivity index (χ2v) is 7.05. The van der Waals surface area contributed by atoms with Crippen LogP contribution >= 0.6 is 0 Å². The fourth-order valence-corrected chi connectivity index (χ4v) is 3.42. The molecule has 5 rings (SSSR count). The molecule has 1 atom stereocenters. The molecule has 32 heavy (non-hydrogen) atoms. The molecule has 1 amide bonds. The second kappa shape index (κ2) is 7.56. The molecular formula is C22H15F3N4O3. The highest BCUT2D eigenvalue weighted by Gasteiger charge is 2.33. The lowest BCUT2D eigenvalue weighted by Gasteiger charge is -2.25. The van der Waals surface area contributed by atoms with Gasteiger partial charge in [0.15, 0.2) is 17.1 Å². The highest BCUT2D eigenvalue weighted by molar-refractivity contribution is 5.93. The number of nitrogens with zero attached hydrogens (tertiary/aromatic N) is 3. The van der Waals surface area contributed by atoms with Crippen molar-refractivity contribution in [3.63, 3.8) is 0 Å². The summed E-state index contributed by atoms with van der Waals surface area (Å²) in [6, 6.07) is 15.3. The van der Waals surface area contributed by atoms with E-state index in [1.165, 1.54) is 41.0 Å². The average molecular weight is 440 g/mol. The normalized spacial score (nSPS) is 15.5. The predicted molar refractivity (Wildman–Crippen MR) is 108 cm³/mol. The van der Waals surface area contributed by atoms with E-state index in [4.69, 9.17) is 9.47 Å². The van der Waals surface area contributed by atoms with Crippen LogP contribution in [0.3, 0.4) is 0 Å². The molecule has 2 aromatic heterocycles. The van der Waals surface area contributed by atoms with Crippen LogP contribution in [0, 0.1) is 0 Å². The lowest BCUT2D eigenvalue weighted by atomic mass is 10.0. The number of carbonyl (C=O) groups is 1.